The number of rotatable bonds is 6. The van der Waals surface area contributed by atoms with Gasteiger partial charge in [-0.2, -0.15) is 10.2 Å². The summed E-state index contributed by atoms with van der Waals surface area (Å²) in [4.78, 5) is 25.3. The number of hydrogen-bond acceptors (Lipinski definition) is 4. The van der Waals surface area contributed by atoms with Gasteiger partial charge in [-0.25, -0.2) is 9.36 Å². The van der Waals surface area contributed by atoms with E-state index in [2.05, 4.69) is 15.5 Å². The Morgan fingerprint density at radius 3 is 2.42 bits per heavy atom. The summed E-state index contributed by atoms with van der Waals surface area (Å²) in [5.41, 5.74) is 4.51. The van der Waals surface area contributed by atoms with Crippen molar-refractivity contribution in [3.05, 3.63) is 81.9 Å². The van der Waals surface area contributed by atoms with E-state index >= 15 is 0 Å². The van der Waals surface area contributed by atoms with Crippen LogP contribution in [0.5, 0.6) is 0 Å². The zero-order chi connectivity index (χ0) is 22.0. The van der Waals surface area contributed by atoms with Crippen molar-refractivity contribution in [1.29, 1.82) is 0 Å². The lowest BCUT2D eigenvalue weighted by atomic mass is 10.2. The van der Waals surface area contributed by atoms with Gasteiger partial charge >= 0.3 is 0 Å². The number of amides is 1. The van der Waals surface area contributed by atoms with Gasteiger partial charge in [0, 0.05) is 18.7 Å². The standard InChI is InChI=1S/C24H25N5O2/c1-16-10-7-8-13-20(16)25-21(30)14-9-15-28-24(31)23-22(17(2)26-28)18(3)29(27-23)19-11-5-4-6-12-19/h4-8,10-13H,9,14-15H2,1-3H3,(H,25,30). The van der Waals surface area contributed by atoms with Crippen molar-refractivity contribution in [3.8, 4) is 5.69 Å². The van der Waals surface area contributed by atoms with E-state index in [1.807, 2.05) is 75.4 Å². The van der Waals surface area contributed by atoms with E-state index in [1.54, 1.807) is 4.68 Å². The minimum absolute atomic E-state index is 0.0793. The number of hydrogen-bond donors (Lipinski definition) is 1. The molecule has 0 aliphatic rings. The molecule has 0 atom stereocenters. The number of nitrogens with one attached hydrogen (secondary N) is 1. The second-order valence-corrected chi connectivity index (χ2v) is 7.64. The SMILES string of the molecule is Cc1ccccc1NC(=O)CCCn1nc(C)c2c(C)n(-c3ccccc3)nc2c1=O. The highest BCUT2D eigenvalue weighted by Gasteiger charge is 2.17. The van der Waals surface area contributed by atoms with Crippen LogP contribution in [0.15, 0.2) is 59.4 Å². The molecule has 2 heterocycles. The molecule has 0 bridgehead atoms. The maximum Gasteiger partial charge on any atom is 0.295 e. The zero-order valence-corrected chi connectivity index (χ0v) is 17.9. The van der Waals surface area contributed by atoms with E-state index < -0.39 is 0 Å². The quantitative estimate of drug-likeness (QED) is 0.517. The summed E-state index contributed by atoms with van der Waals surface area (Å²) in [6.07, 6.45) is 0.810. The highest BCUT2D eigenvalue weighted by Crippen LogP contribution is 2.21. The van der Waals surface area contributed by atoms with E-state index in [0.717, 1.165) is 33.7 Å². The Morgan fingerprint density at radius 1 is 0.968 bits per heavy atom. The summed E-state index contributed by atoms with van der Waals surface area (Å²) < 4.78 is 3.20. The van der Waals surface area contributed by atoms with Gasteiger partial charge in [-0.3, -0.25) is 9.59 Å². The second-order valence-electron chi connectivity index (χ2n) is 7.64. The average Bonchev–Trinajstić information content (AvgIpc) is 3.12. The number of nitrogens with zero attached hydrogens (tertiary/aromatic N) is 4. The van der Waals surface area contributed by atoms with Gasteiger partial charge in [0.25, 0.3) is 5.56 Å². The van der Waals surface area contributed by atoms with Crippen LogP contribution >= 0.6 is 0 Å². The predicted molar refractivity (Wildman–Crippen MR) is 122 cm³/mol. The Morgan fingerprint density at radius 2 is 1.68 bits per heavy atom. The summed E-state index contributed by atoms with van der Waals surface area (Å²) in [7, 11) is 0. The minimum Gasteiger partial charge on any atom is -0.326 e. The predicted octanol–water partition coefficient (Wildman–Crippen LogP) is 3.93. The van der Waals surface area contributed by atoms with Gasteiger partial charge in [-0.1, -0.05) is 36.4 Å². The molecule has 0 aliphatic carbocycles. The maximum absolute atomic E-state index is 13.0. The molecule has 1 N–H and O–H groups in total. The van der Waals surface area contributed by atoms with Crippen LogP contribution in [-0.4, -0.2) is 25.5 Å². The molecule has 0 radical (unpaired) electrons. The number of carbonyl (C=O) groups is 1. The van der Waals surface area contributed by atoms with Crippen LogP contribution in [0.1, 0.15) is 29.8 Å². The summed E-state index contributed by atoms with van der Waals surface area (Å²) in [5.74, 6) is -0.0793. The number of benzene rings is 2. The average molecular weight is 415 g/mol. The van der Waals surface area contributed by atoms with Crippen LogP contribution in [-0.2, 0) is 11.3 Å². The molecule has 0 spiro atoms. The molecular weight excluding hydrogens is 390 g/mol. The highest BCUT2D eigenvalue weighted by molar-refractivity contribution is 5.91. The fourth-order valence-electron chi connectivity index (χ4n) is 3.77. The van der Waals surface area contributed by atoms with Gasteiger partial charge in [0.1, 0.15) is 0 Å². The number of fused-ring (bicyclic) bond motifs is 1. The van der Waals surface area contributed by atoms with E-state index in [1.165, 1.54) is 4.68 Å². The van der Waals surface area contributed by atoms with Crippen molar-refractivity contribution in [2.45, 2.75) is 40.2 Å². The van der Waals surface area contributed by atoms with Crippen LogP contribution < -0.4 is 10.9 Å². The van der Waals surface area contributed by atoms with E-state index in [0.29, 0.717) is 24.9 Å². The second kappa shape index (κ2) is 8.55. The summed E-state index contributed by atoms with van der Waals surface area (Å²) in [6, 6.07) is 17.4. The molecule has 0 fully saturated rings. The first-order valence-corrected chi connectivity index (χ1v) is 10.3. The maximum atomic E-state index is 13.0. The number of anilines is 1. The summed E-state index contributed by atoms with van der Waals surface area (Å²) in [5, 5.41) is 12.8. The largest absolute Gasteiger partial charge is 0.326 e. The molecule has 2 aromatic carbocycles. The molecular formula is C24H25N5O2. The minimum atomic E-state index is -0.238. The monoisotopic (exact) mass is 415 g/mol. The molecule has 1 amide bonds. The zero-order valence-electron chi connectivity index (χ0n) is 17.9. The number of carbonyl (C=O) groups excluding carboxylic acids is 1. The lowest BCUT2D eigenvalue weighted by Crippen LogP contribution is -2.25. The number of aryl methyl sites for hydroxylation is 4. The lowest BCUT2D eigenvalue weighted by molar-refractivity contribution is -0.116. The fourth-order valence-corrected chi connectivity index (χ4v) is 3.77. The van der Waals surface area contributed by atoms with Crippen molar-refractivity contribution in [1.82, 2.24) is 19.6 Å². The topological polar surface area (TPSA) is 81.8 Å². The molecule has 0 saturated carbocycles. The number of aromatic nitrogens is 4. The molecule has 0 saturated heterocycles. The van der Waals surface area contributed by atoms with Gasteiger partial charge in [-0.15, -0.1) is 0 Å². The van der Waals surface area contributed by atoms with Crippen LogP contribution in [0.3, 0.4) is 0 Å². The normalized spacial score (nSPS) is 11.1. The third-order valence-electron chi connectivity index (χ3n) is 5.38. The lowest BCUT2D eigenvalue weighted by Gasteiger charge is -2.09. The van der Waals surface area contributed by atoms with Crippen molar-refractivity contribution in [2.75, 3.05) is 5.32 Å². The molecule has 31 heavy (non-hydrogen) atoms. The Labute approximate surface area is 180 Å². The highest BCUT2D eigenvalue weighted by atomic mass is 16.1. The molecule has 7 heteroatoms. The summed E-state index contributed by atoms with van der Waals surface area (Å²) >= 11 is 0. The summed E-state index contributed by atoms with van der Waals surface area (Å²) in [6.45, 7) is 6.13. The van der Waals surface area contributed by atoms with Crippen LogP contribution in [0.4, 0.5) is 5.69 Å². The van der Waals surface area contributed by atoms with Crippen molar-refractivity contribution in [2.24, 2.45) is 0 Å². The first-order valence-electron chi connectivity index (χ1n) is 10.3. The van der Waals surface area contributed by atoms with Crippen LogP contribution in [0, 0.1) is 20.8 Å². The molecule has 2 aromatic heterocycles. The van der Waals surface area contributed by atoms with Crippen molar-refractivity contribution >= 4 is 22.5 Å². The third-order valence-corrected chi connectivity index (χ3v) is 5.38. The molecule has 4 aromatic rings. The first kappa shape index (κ1) is 20.5. The van der Waals surface area contributed by atoms with Gasteiger partial charge in [0.05, 0.1) is 22.5 Å². The van der Waals surface area contributed by atoms with Gasteiger partial charge in [0.2, 0.25) is 5.91 Å². The van der Waals surface area contributed by atoms with Gasteiger partial charge < -0.3 is 5.32 Å². The third kappa shape index (κ3) is 4.12. The molecule has 158 valence electrons. The van der Waals surface area contributed by atoms with E-state index in [-0.39, 0.29) is 11.5 Å². The smallest absolute Gasteiger partial charge is 0.295 e. The van der Waals surface area contributed by atoms with Crippen molar-refractivity contribution < 1.29 is 4.79 Å². The van der Waals surface area contributed by atoms with Gasteiger partial charge in [0.15, 0.2) is 5.52 Å². The Balaban J connectivity index is 1.52. The Hall–Kier alpha value is -3.74. The van der Waals surface area contributed by atoms with Crippen LogP contribution in [0.2, 0.25) is 0 Å². The van der Waals surface area contributed by atoms with E-state index in [4.69, 9.17) is 0 Å². The van der Waals surface area contributed by atoms with Crippen molar-refractivity contribution in [3.63, 3.8) is 0 Å². The van der Waals surface area contributed by atoms with Gasteiger partial charge in [-0.05, 0) is 51.0 Å². The molecule has 0 unspecified atom stereocenters. The molecule has 0 aliphatic heterocycles. The molecule has 7 nitrogen and oxygen atoms in total. The molecule has 4 rings (SSSR count). The van der Waals surface area contributed by atoms with E-state index in [9.17, 15) is 9.59 Å². The number of para-hydroxylation sites is 2. The Kier molecular flexibility index (Phi) is 5.66. The Bertz CT molecular complexity index is 1310. The fraction of sp³-hybridized carbons (Fsp3) is 0.250. The first-order chi connectivity index (χ1) is 15.0. The van der Waals surface area contributed by atoms with Crippen LogP contribution in [0.25, 0.3) is 16.6 Å².